The highest BCUT2D eigenvalue weighted by atomic mass is 15.4. The smallest absolute Gasteiger partial charge is 0.155 e. The van der Waals surface area contributed by atoms with E-state index in [9.17, 15) is 0 Å². The van der Waals surface area contributed by atoms with Crippen molar-refractivity contribution >= 4 is 0 Å². The summed E-state index contributed by atoms with van der Waals surface area (Å²) >= 11 is 0. The van der Waals surface area contributed by atoms with Crippen molar-refractivity contribution in [3.8, 4) is 0 Å². The molecule has 3 heterocycles. The summed E-state index contributed by atoms with van der Waals surface area (Å²) in [6, 6.07) is 0.869. The van der Waals surface area contributed by atoms with Crippen LogP contribution in [0, 0.1) is 0 Å². The molecule has 0 spiro atoms. The molecule has 0 aromatic carbocycles. The minimum absolute atomic E-state index is 0.251. The Bertz CT molecular complexity index is 439. The zero-order valence-corrected chi connectivity index (χ0v) is 12.0. The number of piperidine rings is 1. The fourth-order valence-electron chi connectivity index (χ4n) is 3.21. The molecule has 2 atom stereocenters. The molecule has 106 valence electrons. The summed E-state index contributed by atoms with van der Waals surface area (Å²) < 4.78 is 2.04. The Hall–Kier alpha value is -0.940. The molecule has 3 rings (SSSR count). The second-order valence-electron chi connectivity index (χ2n) is 6.29. The van der Waals surface area contributed by atoms with Gasteiger partial charge in [0, 0.05) is 31.0 Å². The molecule has 5 heteroatoms. The van der Waals surface area contributed by atoms with E-state index >= 15 is 0 Å². The van der Waals surface area contributed by atoms with Gasteiger partial charge in [-0.1, -0.05) is 0 Å². The van der Waals surface area contributed by atoms with Gasteiger partial charge in [0.15, 0.2) is 5.82 Å². The second kappa shape index (κ2) is 5.21. The van der Waals surface area contributed by atoms with Gasteiger partial charge >= 0.3 is 0 Å². The van der Waals surface area contributed by atoms with E-state index < -0.39 is 0 Å². The van der Waals surface area contributed by atoms with Gasteiger partial charge in [-0.05, 0) is 39.7 Å². The zero-order chi connectivity index (χ0) is 13.4. The van der Waals surface area contributed by atoms with E-state index in [1.54, 1.807) is 0 Å². The van der Waals surface area contributed by atoms with Gasteiger partial charge in [-0.2, -0.15) is 5.10 Å². The number of aryl methyl sites for hydroxylation is 1. The highest BCUT2D eigenvalue weighted by molar-refractivity contribution is 5.04. The summed E-state index contributed by atoms with van der Waals surface area (Å²) in [5, 5.41) is 4.72. The van der Waals surface area contributed by atoms with Crippen molar-refractivity contribution in [3.63, 3.8) is 0 Å². The van der Waals surface area contributed by atoms with Crippen molar-refractivity contribution in [2.45, 2.75) is 64.1 Å². The third-order valence-corrected chi connectivity index (χ3v) is 4.46. The number of hydrogen-bond donors (Lipinski definition) is 1. The first kappa shape index (κ1) is 13.1. The van der Waals surface area contributed by atoms with E-state index in [0.717, 1.165) is 37.6 Å². The molecular formula is C14H25N5. The SMILES string of the molecule is CC(C)N1CCCC(c2nc3n(n2)CC(N)CC3)C1. The Morgan fingerprint density at radius 2 is 2.11 bits per heavy atom. The number of likely N-dealkylation sites (tertiary alicyclic amines) is 1. The molecule has 1 fully saturated rings. The summed E-state index contributed by atoms with van der Waals surface area (Å²) in [5.74, 6) is 2.69. The standard InChI is InChI=1S/C14H25N5/c1-10(2)18-7-3-4-11(8-18)14-16-13-6-5-12(15)9-19(13)17-14/h10-12H,3-9,15H2,1-2H3. The summed E-state index contributed by atoms with van der Waals surface area (Å²) in [6.45, 7) is 7.70. The van der Waals surface area contributed by atoms with Crippen LogP contribution in [0.5, 0.6) is 0 Å². The lowest BCUT2D eigenvalue weighted by atomic mass is 9.96. The molecule has 2 aliphatic rings. The van der Waals surface area contributed by atoms with Crippen LogP contribution in [0.15, 0.2) is 0 Å². The van der Waals surface area contributed by atoms with Gasteiger partial charge in [0.05, 0.1) is 6.54 Å². The van der Waals surface area contributed by atoms with Crippen LogP contribution in [0.4, 0.5) is 0 Å². The van der Waals surface area contributed by atoms with Gasteiger partial charge in [0.25, 0.3) is 0 Å². The van der Waals surface area contributed by atoms with Crippen molar-refractivity contribution in [3.05, 3.63) is 11.6 Å². The predicted molar refractivity (Wildman–Crippen MR) is 75.0 cm³/mol. The molecule has 0 bridgehead atoms. The average Bonchev–Trinajstić information content (AvgIpc) is 2.81. The van der Waals surface area contributed by atoms with Crippen LogP contribution >= 0.6 is 0 Å². The number of fused-ring (bicyclic) bond motifs is 1. The number of rotatable bonds is 2. The predicted octanol–water partition coefficient (Wildman–Crippen LogP) is 1.14. The van der Waals surface area contributed by atoms with E-state index in [4.69, 9.17) is 15.8 Å². The van der Waals surface area contributed by atoms with Crippen LogP contribution in [0.3, 0.4) is 0 Å². The van der Waals surface area contributed by atoms with Gasteiger partial charge in [-0.25, -0.2) is 9.67 Å². The van der Waals surface area contributed by atoms with Crippen LogP contribution in [0.25, 0.3) is 0 Å². The first-order valence-corrected chi connectivity index (χ1v) is 7.56. The number of nitrogens with two attached hydrogens (primary N) is 1. The van der Waals surface area contributed by atoms with Crippen LogP contribution < -0.4 is 5.73 Å². The van der Waals surface area contributed by atoms with Gasteiger partial charge in [0.2, 0.25) is 0 Å². The largest absolute Gasteiger partial charge is 0.326 e. The summed E-state index contributed by atoms with van der Waals surface area (Å²) in [4.78, 5) is 7.31. The Morgan fingerprint density at radius 3 is 2.89 bits per heavy atom. The lowest BCUT2D eigenvalue weighted by Crippen LogP contribution is -2.39. The van der Waals surface area contributed by atoms with Crippen molar-refractivity contribution in [2.75, 3.05) is 13.1 Å². The lowest BCUT2D eigenvalue weighted by molar-refractivity contribution is 0.164. The van der Waals surface area contributed by atoms with Crippen LogP contribution in [0.1, 0.15) is 50.7 Å². The van der Waals surface area contributed by atoms with E-state index in [0.29, 0.717) is 12.0 Å². The molecule has 0 saturated carbocycles. The van der Waals surface area contributed by atoms with Gasteiger partial charge in [-0.3, -0.25) is 0 Å². The Balaban J connectivity index is 1.75. The maximum Gasteiger partial charge on any atom is 0.155 e. The van der Waals surface area contributed by atoms with Crippen molar-refractivity contribution in [1.29, 1.82) is 0 Å². The first-order valence-electron chi connectivity index (χ1n) is 7.56. The maximum absolute atomic E-state index is 6.00. The van der Waals surface area contributed by atoms with Crippen LogP contribution in [-0.2, 0) is 13.0 Å². The molecule has 0 radical (unpaired) electrons. The maximum atomic E-state index is 6.00. The van der Waals surface area contributed by atoms with Crippen molar-refractivity contribution in [2.24, 2.45) is 5.73 Å². The highest BCUT2D eigenvalue weighted by Gasteiger charge is 2.28. The molecular weight excluding hydrogens is 238 g/mol. The third kappa shape index (κ3) is 2.67. The fraction of sp³-hybridized carbons (Fsp3) is 0.857. The van der Waals surface area contributed by atoms with Crippen LogP contribution in [0.2, 0.25) is 0 Å². The lowest BCUT2D eigenvalue weighted by Gasteiger charge is -2.34. The van der Waals surface area contributed by atoms with Gasteiger partial charge in [-0.15, -0.1) is 0 Å². The van der Waals surface area contributed by atoms with Gasteiger partial charge in [0.1, 0.15) is 5.82 Å². The van der Waals surface area contributed by atoms with E-state index in [1.165, 1.54) is 19.4 Å². The number of aromatic nitrogens is 3. The summed E-state index contributed by atoms with van der Waals surface area (Å²) in [5.41, 5.74) is 6.00. The first-order chi connectivity index (χ1) is 9.13. The molecule has 1 aromatic rings. The molecule has 2 unspecified atom stereocenters. The van der Waals surface area contributed by atoms with Crippen molar-refractivity contribution in [1.82, 2.24) is 19.7 Å². The summed E-state index contributed by atoms with van der Waals surface area (Å²) in [7, 11) is 0. The monoisotopic (exact) mass is 263 g/mol. The fourth-order valence-corrected chi connectivity index (χ4v) is 3.21. The van der Waals surface area contributed by atoms with Crippen molar-refractivity contribution < 1.29 is 0 Å². The molecule has 1 saturated heterocycles. The average molecular weight is 263 g/mol. The Labute approximate surface area is 115 Å². The van der Waals surface area contributed by atoms with E-state index in [2.05, 4.69) is 18.7 Å². The molecule has 0 amide bonds. The van der Waals surface area contributed by atoms with Gasteiger partial charge < -0.3 is 10.6 Å². The van der Waals surface area contributed by atoms with Crippen LogP contribution in [-0.4, -0.2) is 44.8 Å². The molecule has 2 N–H and O–H groups in total. The third-order valence-electron chi connectivity index (χ3n) is 4.46. The Kier molecular flexibility index (Phi) is 3.58. The molecule has 2 aliphatic heterocycles. The summed E-state index contributed by atoms with van der Waals surface area (Å²) in [6.07, 6.45) is 4.50. The molecule has 5 nitrogen and oxygen atoms in total. The second-order valence-corrected chi connectivity index (χ2v) is 6.29. The number of hydrogen-bond acceptors (Lipinski definition) is 4. The van der Waals surface area contributed by atoms with E-state index in [-0.39, 0.29) is 6.04 Å². The molecule has 0 aliphatic carbocycles. The topological polar surface area (TPSA) is 60.0 Å². The zero-order valence-electron chi connectivity index (χ0n) is 12.0. The minimum atomic E-state index is 0.251. The normalized spacial score (nSPS) is 28.6. The highest BCUT2D eigenvalue weighted by Crippen LogP contribution is 2.26. The Morgan fingerprint density at radius 1 is 1.26 bits per heavy atom. The van der Waals surface area contributed by atoms with E-state index in [1.807, 2.05) is 4.68 Å². The minimum Gasteiger partial charge on any atom is -0.326 e. The molecule has 1 aromatic heterocycles. The number of nitrogens with zero attached hydrogens (tertiary/aromatic N) is 4. The molecule has 19 heavy (non-hydrogen) atoms. The quantitative estimate of drug-likeness (QED) is 0.869.